The highest BCUT2D eigenvalue weighted by atomic mass is 16.6. The lowest BCUT2D eigenvalue weighted by molar-refractivity contribution is 0.0494. The number of alkyl carbamates (subject to hydrolysis) is 1. The third kappa shape index (κ3) is 3.55. The van der Waals surface area contributed by atoms with Gasteiger partial charge in [-0.25, -0.2) is 14.3 Å². The second kappa shape index (κ2) is 5.72. The quantitative estimate of drug-likeness (QED) is 0.938. The molecule has 0 spiro atoms. The predicted octanol–water partition coefficient (Wildman–Crippen LogP) is 2.71. The number of methoxy groups -OCH3 is 1. The van der Waals surface area contributed by atoms with Gasteiger partial charge in [-0.15, -0.1) is 5.10 Å². The van der Waals surface area contributed by atoms with Gasteiger partial charge in [-0.3, -0.25) is 0 Å². The molecule has 1 unspecified atom stereocenters. The van der Waals surface area contributed by atoms with E-state index in [0.717, 1.165) is 12.8 Å². The lowest BCUT2D eigenvalue weighted by Gasteiger charge is -2.22. The molecule has 0 radical (unpaired) electrons. The molecule has 0 aromatic carbocycles. The highest BCUT2D eigenvalue weighted by Gasteiger charge is 2.37. The smallest absolute Gasteiger partial charge is 0.408 e. The van der Waals surface area contributed by atoms with Crippen molar-refractivity contribution in [2.24, 2.45) is 5.92 Å². The molecule has 0 aliphatic heterocycles. The normalized spacial score (nSPS) is 16.2. The number of carbonyl (C=O) groups is 1. The molecule has 7 heteroatoms. The first-order valence-corrected chi connectivity index (χ1v) is 7.76. The summed E-state index contributed by atoms with van der Waals surface area (Å²) >= 11 is 0. The lowest BCUT2D eigenvalue weighted by Crippen LogP contribution is -2.36. The molecular weight excluding hydrogens is 296 g/mol. The van der Waals surface area contributed by atoms with Gasteiger partial charge in [-0.1, -0.05) is 0 Å². The number of rotatable bonds is 4. The molecule has 1 fully saturated rings. The van der Waals surface area contributed by atoms with Crippen molar-refractivity contribution in [3.05, 3.63) is 24.2 Å². The van der Waals surface area contributed by atoms with Crippen LogP contribution in [0.15, 0.2) is 18.3 Å². The average molecular weight is 318 g/mol. The maximum absolute atomic E-state index is 12.1. The number of amides is 1. The summed E-state index contributed by atoms with van der Waals surface area (Å²) in [5, 5.41) is 7.40. The molecule has 2 aromatic rings. The van der Waals surface area contributed by atoms with Gasteiger partial charge in [0.15, 0.2) is 17.2 Å². The summed E-state index contributed by atoms with van der Waals surface area (Å²) in [5.74, 6) is 1.59. The van der Waals surface area contributed by atoms with Crippen molar-refractivity contribution in [1.82, 2.24) is 19.9 Å². The number of carbonyl (C=O) groups excluding carboxylic acids is 1. The van der Waals surface area contributed by atoms with E-state index in [2.05, 4.69) is 15.4 Å². The maximum Gasteiger partial charge on any atom is 0.408 e. The van der Waals surface area contributed by atoms with Gasteiger partial charge < -0.3 is 14.8 Å². The number of hydrogen-bond acceptors (Lipinski definition) is 5. The van der Waals surface area contributed by atoms with Gasteiger partial charge in [0, 0.05) is 6.20 Å². The van der Waals surface area contributed by atoms with E-state index in [4.69, 9.17) is 9.47 Å². The average Bonchev–Trinajstić information content (AvgIpc) is 3.20. The van der Waals surface area contributed by atoms with Crippen molar-refractivity contribution in [1.29, 1.82) is 0 Å². The zero-order valence-electron chi connectivity index (χ0n) is 13.9. The number of nitrogens with zero attached hydrogens (tertiary/aromatic N) is 3. The molecule has 1 amide bonds. The fraction of sp³-hybridized carbons (Fsp3) is 0.562. The predicted molar refractivity (Wildman–Crippen MR) is 84.4 cm³/mol. The van der Waals surface area contributed by atoms with Crippen LogP contribution in [0.1, 0.15) is 45.5 Å². The third-order valence-corrected chi connectivity index (χ3v) is 3.61. The second-order valence-electron chi connectivity index (χ2n) is 6.78. The topological polar surface area (TPSA) is 77.8 Å². The first-order valence-electron chi connectivity index (χ1n) is 7.76. The van der Waals surface area contributed by atoms with E-state index in [-0.39, 0.29) is 6.04 Å². The molecule has 124 valence electrons. The van der Waals surface area contributed by atoms with Crippen molar-refractivity contribution >= 4 is 11.7 Å². The molecule has 1 N–H and O–H groups in total. The number of hydrogen-bond donors (Lipinski definition) is 1. The Labute approximate surface area is 135 Å². The molecular formula is C16H22N4O3. The van der Waals surface area contributed by atoms with Crippen LogP contribution in [0.4, 0.5) is 4.79 Å². The standard InChI is InChI=1S/C16H22N4O3/c1-16(2,3)23-15(21)17-12(10-7-8-10)13-18-14-11(22-4)6-5-9-20(14)19-13/h5-6,9-10,12H,7-8H2,1-4H3,(H,17,21). The monoisotopic (exact) mass is 318 g/mol. The minimum atomic E-state index is -0.534. The van der Waals surface area contributed by atoms with E-state index in [1.54, 1.807) is 11.6 Å². The van der Waals surface area contributed by atoms with Crippen molar-refractivity contribution in [2.45, 2.75) is 45.3 Å². The molecule has 0 bridgehead atoms. The van der Waals surface area contributed by atoms with E-state index in [9.17, 15) is 4.79 Å². The van der Waals surface area contributed by atoms with Crippen LogP contribution >= 0.6 is 0 Å². The molecule has 2 heterocycles. The summed E-state index contributed by atoms with van der Waals surface area (Å²) in [6.07, 6.45) is 3.46. The Balaban J connectivity index is 1.85. The fourth-order valence-corrected chi connectivity index (χ4v) is 2.45. The van der Waals surface area contributed by atoms with Crippen LogP contribution in [0.5, 0.6) is 5.75 Å². The number of fused-ring (bicyclic) bond motifs is 1. The molecule has 1 aliphatic carbocycles. The van der Waals surface area contributed by atoms with Crippen LogP contribution < -0.4 is 10.1 Å². The molecule has 1 aliphatic rings. The van der Waals surface area contributed by atoms with Crippen molar-refractivity contribution in [3.8, 4) is 5.75 Å². The number of nitrogens with one attached hydrogen (secondary N) is 1. The number of aromatic nitrogens is 3. The molecule has 7 nitrogen and oxygen atoms in total. The molecule has 1 atom stereocenters. The summed E-state index contributed by atoms with van der Waals surface area (Å²) in [6.45, 7) is 5.52. The molecule has 2 aromatic heterocycles. The Bertz CT molecular complexity index is 716. The Hall–Kier alpha value is -2.31. The SMILES string of the molecule is COc1cccn2nc(C(NC(=O)OC(C)(C)C)C3CC3)nc12. The van der Waals surface area contributed by atoms with E-state index in [1.165, 1.54) is 0 Å². The molecule has 23 heavy (non-hydrogen) atoms. The largest absolute Gasteiger partial charge is 0.493 e. The first-order chi connectivity index (χ1) is 10.9. The minimum Gasteiger partial charge on any atom is -0.493 e. The highest BCUT2D eigenvalue weighted by molar-refractivity contribution is 5.68. The van der Waals surface area contributed by atoms with Crippen LogP contribution in [0, 0.1) is 5.92 Å². The van der Waals surface area contributed by atoms with Crippen molar-refractivity contribution < 1.29 is 14.3 Å². The van der Waals surface area contributed by atoms with E-state index < -0.39 is 11.7 Å². The number of ether oxygens (including phenoxy) is 2. The summed E-state index contributed by atoms with van der Waals surface area (Å²) in [4.78, 5) is 16.6. The lowest BCUT2D eigenvalue weighted by atomic mass is 10.2. The van der Waals surface area contributed by atoms with Crippen molar-refractivity contribution in [2.75, 3.05) is 7.11 Å². The van der Waals surface area contributed by atoms with Crippen LogP contribution in [-0.2, 0) is 4.74 Å². The van der Waals surface area contributed by atoms with Gasteiger partial charge in [0.1, 0.15) is 5.60 Å². The Morgan fingerprint density at radius 1 is 1.43 bits per heavy atom. The van der Waals surface area contributed by atoms with Gasteiger partial charge in [-0.2, -0.15) is 0 Å². The maximum atomic E-state index is 12.1. The highest BCUT2D eigenvalue weighted by Crippen LogP contribution is 2.40. The molecule has 3 rings (SSSR count). The molecule has 1 saturated carbocycles. The van der Waals surface area contributed by atoms with Gasteiger partial charge >= 0.3 is 6.09 Å². The van der Waals surface area contributed by atoms with Crippen LogP contribution in [0.3, 0.4) is 0 Å². The van der Waals surface area contributed by atoms with Gasteiger partial charge in [0.2, 0.25) is 0 Å². The van der Waals surface area contributed by atoms with E-state index in [0.29, 0.717) is 23.1 Å². The number of pyridine rings is 1. The Morgan fingerprint density at radius 2 is 2.17 bits per heavy atom. The van der Waals surface area contributed by atoms with Crippen LogP contribution in [0.2, 0.25) is 0 Å². The van der Waals surface area contributed by atoms with Crippen molar-refractivity contribution in [3.63, 3.8) is 0 Å². The summed E-state index contributed by atoms with van der Waals surface area (Å²) < 4.78 is 12.3. The molecule has 0 saturated heterocycles. The first kappa shape index (κ1) is 15.6. The van der Waals surface area contributed by atoms with Crippen LogP contribution in [-0.4, -0.2) is 33.4 Å². The van der Waals surface area contributed by atoms with Gasteiger partial charge in [0.25, 0.3) is 0 Å². The Morgan fingerprint density at radius 3 is 2.78 bits per heavy atom. The minimum absolute atomic E-state index is 0.241. The van der Waals surface area contributed by atoms with E-state index >= 15 is 0 Å². The third-order valence-electron chi connectivity index (χ3n) is 3.61. The summed E-state index contributed by atoms with van der Waals surface area (Å²) in [6, 6.07) is 3.44. The Kier molecular flexibility index (Phi) is 3.87. The zero-order chi connectivity index (χ0) is 16.6. The van der Waals surface area contributed by atoms with E-state index in [1.807, 2.05) is 39.1 Å². The van der Waals surface area contributed by atoms with Gasteiger partial charge in [0.05, 0.1) is 13.2 Å². The zero-order valence-corrected chi connectivity index (χ0v) is 13.9. The van der Waals surface area contributed by atoms with Crippen LogP contribution in [0.25, 0.3) is 5.65 Å². The second-order valence-corrected chi connectivity index (χ2v) is 6.78. The summed E-state index contributed by atoms with van der Waals surface area (Å²) in [5.41, 5.74) is 0.106. The summed E-state index contributed by atoms with van der Waals surface area (Å²) in [7, 11) is 1.60. The van der Waals surface area contributed by atoms with Gasteiger partial charge in [-0.05, 0) is 51.7 Å². The fourth-order valence-electron chi connectivity index (χ4n) is 2.45.